The molecule has 1 amide bonds. The van der Waals surface area contributed by atoms with Gasteiger partial charge in [0.05, 0.1) is 46.7 Å². The first-order valence-electron chi connectivity index (χ1n) is 11.7. The van der Waals surface area contributed by atoms with E-state index in [1.54, 1.807) is 29.0 Å². The molecule has 0 spiro atoms. The number of fused-ring (bicyclic) bond motifs is 1. The molecule has 0 radical (unpaired) electrons. The number of amides is 1. The van der Waals surface area contributed by atoms with E-state index in [-0.39, 0.29) is 21.5 Å². The first-order valence-corrected chi connectivity index (χ1v) is 12.4. The highest BCUT2D eigenvalue weighted by Crippen LogP contribution is 2.46. The van der Waals surface area contributed by atoms with Gasteiger partial charge in [-0.3, -0.25) is 9.59 Å². The molecule has 0 saturated heterocycles. The zero-order valence-electron chi connectivity index (χ0n) is 21.3. The Morgan fingerprint density at radius 2 is 1.82 bits per heavy atom. The molecule has 0 saturated carbocycles. The van der Waals surface area contributed by atoms with Crippen molar-refractivity contribution in [2.24, 2.45) is 0 Å². The second-order valence-electron chi connectivity index (χ2n) is 8.34. The summed E-state index contributed by atoms with van der Waals surface area (Å²) in [7, 11) is 2.99. The van der Waals surface area contributed by atoms with Crippen LogP contribution in [-0.4, -0.2) is 29.7 Å². The molecule has 0 aliphatic carbocycles. The third kappa shape index (κ3) is 4.92. The first-order chi connectivity index (χ1) is 18.2. The van der Waals surface area contributed by atoms with Crippen molar-refractivity contribution in [2.75, 3.05) is 24.9 Å². The van der Waals surface area contributed by atoms with E-state index in [1.807, 2.05) is 32.0 Å². The highest BCUT2D eigenvalue weighted by Gasteiger charge is 2.22. The normalized spacial score (nSPS) is 10.8. The molecule has 2 N–H and O–H groups in total. The quantitative estimate of drug-likeness (QED) is 0.239. The number of benzene rings is 2. The Morgan fingerprint density at radius 3 is 2.42 bits per heavy atom. The van der Waals surface area contributed by atoms with Crippen molar-refractivity contribution in [3.63, 3.8) is 0 Å². The SMILES string of the molecule is C=CC(=O)Nc1cccc(C)c1Nc1cc2c(=O)n(CC)c(-c3c(Cl)c(OC)cc(OC)c3Cl)cc2cn1. The fraction of sp³-hybridized carbons (Fsp3) is 0.179. The molecule has 0 unspecified atom stereocenters. The fourth-order valence-electron chi connectivity index (χ4n) is 4.20. The molecule has 0 atom stereocenters. The average molecular weight is 553 g/mol. The van der Waals surface area contributed by atoms with E-state index in [1.165, 1.54) is 20.3 Å². The summed E-state index contributed by atoms with van der Waals surface area (Å²) in [5, 5.41) is 7.59. The van der Waals surface area contributed by atoms with Gasteiger partial charge in [-0.05, 0) is 43.7 Å². The predicted octanol–water partition coefficient (Wildman–Crippen LogP) is 6.58. The molecular formula is C28H26Cl2N4O4. The number of rotatable bonds is 8. The van der Waals surface area contributed by atoms with Crippen LogP contribution in [0, 0.1) is 6.92 Å². The Kier molecular flexibility index (Phi) is 7.94. The van der Waals surface area contributed by atoms with Crippen LogP contribution in [0.15, 0.2) is 60.0 Å². The van der Waals surface area contributed by atoms with Crippen molar-refractivity contribution < 1.29 is 14.3 Å². The number of halogens is 2. The summed E-state index contributed by atoms with van der Waals surface area (Å²) in [6.45, 7) is 7.62. The number of methoxy groups -OCH3 is 2. The summed E-state index contributed by atoms with van der Waals surface area (Å²) < 4.78 is 12.4. The summed E-state index contributed by atoms with van der Waals surface area (Å²) in [6, 6.07) is 10.6. The van der Waals surface area contributed by atoms with Crippen molar-refractivity contribution in [3.05, 3.63) is 81.2 Å². The number of aryl methyl sites for hydroxylation is 1. The number of hydrogen-bond acceptors (Lipinski definition) is 6. The minimum absolute atomic E-state index is 0.246. The molecule has 0 fully saturated rings. The molecule has 0 aliphatic rings. The maximum absolute atomic E-state index is 13.7. The molecule has 0 aliphatic heterocycles. The number of anilines is 3. The number of pyridine rings is 2. The lowest BCUT2D eigenvalue weighted by atomic mass is 10.1. The number of hydrogen-bond donors (Lipinski definition) is 2. The standard InChI is InChI=1S/C28H26Cl2N4O4/c1-6-23(35)32-18-10-8-9-15(3)27(18)33-22-12-17-16(14-31-22)11-19(34(7-2)28(17)36)24-25(29)20(37-4)13-21(38-5)26(24)30/h6,8-14H,1,7H2,2-5H3,(H,31,33)(H,32,35). The largest absolute Gasteiger partial charge is 0.495 e. The van der Waals surface area contributed by atoms with Crippen molar-refractivity contribution in [1.82, 2.24) is 9.55 Å². The van der Waals surface area contributed by atoms with Gasteiger partial charge in [0.15, 0.2) is 0 Å². The van der Waals surface area contributed by atoms with Crippen molar-refractivity contribution >= 4 is 57.1 Å². The third-order valence-electron chi connectivity index (χ3n) is 6.11. The van der Waals surface area contributed by atoms with Gasteiger partial charge in [-0.2, -0.15) is 0 Å². The summed E-state index contributed by atoms with van der Waals surface area (Å²) in [5.74, 6) is 0.837. The van der Waals surface area contributed by atoms with Crippen molar-refractivity contribution in [1.29, 1.82) is 0 Å². The van der Waals surface area contributed by atoms with Crippen LogP contribution in [-0.2, 0) is 11.3 Å². The molecular weight excluding hydrogens is 527 g/mol. The van der Waals surface area contributed by atoms with Gasteiger partial charge < -0.3 is 24.7 Å². The lowest BCUT2D eigenvalue weighted by Crippen LogP contribution is -2.21. The summed E-state index contributed by atoms with van der Waals surface area (Å²) in [5.41, 5.74) is 2.79. The van der Waals surface area contributed by atoms with E-state index in [4.69, 9.17) is 32.7 Å². The van der Waals surface area contributed by atoms with Crippen LogP contribution >= 0.6 is 23.2 Å². The summed E-state index contributed by atoms with van der Waals surface area (Å²) >= 11 is 13.3. The lowest BCUT2D eigenvalue weighted by molar-refractivity contribution is -0.111. The Bertz CT molecular complexity index is 1600. The zero-order valence-corrected chi connectivity index (χ0v) is 22.8. The van der Waals surface area contributed by atoms with E-state index in [9.17, 15) is 9.59 Å². The molecule has 4 rings (SSSR count). The van der Waals surface area contributed by atoms with Gasteiger partial charge in [0.2, 0.25) is 5.91 Å². The molecule has 2 aromatic carbocycles. The minimum Gasteiger partial charge on any atom is -0.495 e. The number of carbonyl (C=O) groups is 1. The van der Waals surface area contributed by atoms with Crippen LogP contribution < -0.4 is 25.7 Å². The van der Waals surface area contributed by atoms with Gasteiger partial charge in [0, 0.05) is 29.8 Å². The Hall–Kier alpha value is -4.01. The molecule has 0 bridgehead atoms. The van der Waals surface area contributed by atoms with Crippen LogP contribution in [0.25, 0.3) is 22.0 Å². The van der Waals surface area contributed by atoms with Gasteiger partial charge in [-0.25, -0.2) is 4.98 Å². The lowest BCUT2D eigenvalue weighted by Gasteiger charge is -2.19. The topological polar surface area (TPSA) is 94.5 Å². The maximum atomic E-state index is 13.7. The zero-order chi connectivity index (χ0) is 27.6. The van der Waals surface area contributed by atoms with Gasteiger partial charge in [0.1, 0.15) is 17.3 Å². The van der Waals surface area contributed by atoms with E-state index in [0.29, 0.717) is 57.3 Å². The minimum atomic E-state index is -0.338. The number of nitrogens with zero attached hydrogens (tertiary/aromatic N) is 2. The maximum Gasteiger partial charge on any atom is 0.259 e. The fourth-order valence-corrected chi connectivity index (χ4v) is 4.89. The van der Waals surface area contributed by atoms with Gasteiger partial charge in [-0.1, -0.05) is 41.9 Å². The van der Waals surface area contributed by atoms with E-state index >= 15 is 0 Å². The summed E-state index contributed by atoms with van der Waals surface area (Å²) in [4.78, 5) is 30.1. The molecule has 10 heteroatoms. The average Bonchev–Trinajstić information content (AvgIpc) is 2.91. The van der Waals surface area contributed by atoms with Crippen LogP contribution in [0.5, 0.6) is 11.5 Å². The Morgan fingerprint density at radius 1 is 1.13 bits per heavy atom. The van der Waals surface area contributed by atoms with Crippen LogP contribution in [0.4, 0.5) is 17.2 Å². The highest BCUT2D eigenvalue weighted by atomic mass is 35.5. The number of ether oxygens (including phenoxy) is 2. The predicted molar refractivity (Wildman–Crippen MR) is 154 cm³/mol. The van der Waals surface area contributed by atoms with Gasteiger partial charge in [-0.15, -0.1) is 0 Å². The molecule has 2 heterocycles. The highest BCUT2D eigenvalue weighted by molar-refractivity contribution is 6.41. The van der Waals surface area contributed by atoms with E-state index in [0.717, 1.165) is 5.56 Å². The second kappa shape index (κ2) is 11.2. The number of aromatic nitrogens is 2. The molecule has 8 nitrogen and oxygen atoms in total. The number of nitrogens with one attached hydrogen (secondary N) is 2. The molecule has 196 valence electrons. The molecule has 2 aromatic heterocycles. The number of carbonyl (C=O) groups excluding carboxylic acids is 1. The van der Waals surface area contributed by atoms with E-state index in [2.05, 4.69) is 22.2 Å². The second-order valence-corrected chi connectivity index (χ2v) is 9.09. The molecule has 38 heavy (non-hydrogen) atoms. The summed E-state index contributed by atoms with van der Waals surface area (Å²) in [6.07, 6.45) is 2.80. The first kappa shape index (κ1) is 27.0. The van der Waals surface area contributed by atoms with E-state index < -0.39 is 0 Å². The monoisotopic (exact) mass is 552 g/mol. The molecule has 4 aromatic rings. The van der Waals surface area contributed by atoms with Gasteiger partial charge >= 0.3 is 0 Å². The third-order valence-corrected chi connectivity index (χ3v) is 6.86. The van der Waals surface area contributed by atoms with Crippen molar-refractivity contribution in [2.45, 2.75) is 20.4 Å². The van der Waals surface area contributed by atoms with Crippen LogP contribution in [0.1, 0.15) is 12.5 Å². The van der Waals surface area contributed by atoms with Gasteiger partial charge in [0.25, 0.3) is 5.56 Å². The Balaban J connectivity index is 1.87. The Labute approximate surface area is 229 Å². The van der Waals surface area contributed by atoms with Crippen molar-refractivity contribution in [3.8, 4) is 22.8 Å². The number of para-hydroxylation sites is 1. The smallest absolute Gasteiger partial charge is 0.259 e. The van der Waals surface area contributed by atoms with Crippen LogP contribution in [0.3, 0.4) is 0 Å². The van der Waals surface area contributed by atoms with Crippen LogP contribution in [0.2, 0.25) is 10.0 Å².